The molecule has 0 radical (unpaired) electrons. The van der Waals surface area contributed by atoms with Crippen molar-refractivity contribution in [3.05, 3.63) is 29.8 Å². The Morgan fingerprint density at radius 2 is 1.81 bits per heavy atom. The minimum Gasteiger partial charge on any atom is -1.00 e. The molecule has 0 bridgehead atoms. The van der Waals surface area contributed by atoms with Crippen molar-refractivity contribution in [2.45, 2.75) is 32.4 Å². The fourth-order valence-electron chi connectivity index (χ4n) is 1.60. The molecule has 4 nitrogen and oxygen atoms in total. The normalized spacial score (nSPS) is 11.5. The Kier molecular flexibility index (Phi) is 16.5. The second-order valence-electron chi connectivity index (χ2n) is 4.91. The van der Waals surface area contributed by atoms with Crippen molar-refractivity contribution < 1.29 is 78.4 Å². The number of aliphatic hydroxyl groups is 1. The van der Waals surface area contributed by atoms with Gasteiger partial charge in [0.05, 0.1) is 6.61 Å². The van der Waals surface area contributed by atoms with Gasteiger partial charge < -0.3 is 32.3 Å². The summed E-state index contributed by atoms with van der Waals surface area (Å²) in [5.41, 5.74) is 1.22. The number of hydrogen-bond acceptors (Lipinski definition) is 4. The Morgan fingerprint density at radius 1 is 1.19 bits per heavy atom. The molecule has 21 heavy (non-hydrogen) atoms. The van der Waals surface area contributed by atoms with Gasteiger partial charge in [-0.05, 0) is 24.1 Å². The van der Waals surface area contributed by atoms with E-state index in [1.54, 1.807) is 7.11 Å². The predicted molar refractivity (Wildman–Crippen MR) is 76.7 cm³/mol. The van der Waals surface area contributed by atoms with Crippen molar-refractivity contribution in [2.75, 3.05) is 26.9 Å². The average Bonchev–Trinajstić information content (AvgIpc) is 2.41. The number of halogens is 1. The van der Waals surface area contributed by atoms with E-state index in [2.05, 4.69) is 5.32 Å². The van der Waals surface area contributed by atoms with Crippen LogP contribution in [0.3, 0.4) is 0 Å². The maximum absolute atomic E-state index is 9.73. The van der Waals surface area contributed by atoms with Crippen LogP contribution in [0.5, 0.6) is 5.75 Å². The Hall–Kier alpha value is 0.826. The van der Waals surface area contributed by atoms with Gasteiger partial charge in [0, 0.05) is 19.7 Å². The van der Waals surface area contributed by atoms with Gasteiger partial charge in [0.25, 0.3) is 0 Å². The number of benzene rings is 1. The molecule has 1 aromatic rings. The molecule has 1 atom stereocenters. The fraction of sp³-hybridized carbons (Fsp3) is 0.600. The molecule has 2 N–H and O–H groups in total. The third-order valence-corrected chi connectivity index (χ3v) is 2.72. The van der Waals surface area contributed by atoms with E-state index < -0.39 is 6.10 Å². The molecule has 0 fully saturated rings. The second kappa shape index (κ2) is 14.4. The van der Waals surface area contributed by atoms with Crippen LogP contribution in [-0.4, -0.2) is 44.1 Å². The minimum absolute atomic E-state index is 0. The van der Waals surface area contributed by atoms with Gasteiger partial charge in [0.15, 0.2) is 0 Å². The molecule has 0 aliphatic heterocycles. The predicted octanol–water partition coefficient (Wildman–Crippen LogP) is -4.38. The standard InChI is InChI=1S/C15H25NO3.ClH.K/c1-12(2)16-10-14(17)11-19-15-6-4-13(5-7-15)8-9-18-3;;/h4-7,12,14,16-17H,8-11H2,1-3H3;1H;/q;;+1/p-1. The maximum Gasteiger partial charge on any atom is 1.00 e. The summed E-state index contributed by atoms with van der Waals surface area (Å²) in [6.07, 6.45) is 0.410. The number of hydrogen-bond donors (Lipinski definition) is 2. The summed E-state index contributed by atoms with van der Waals surface area (Å²) in [5.74, 6) is 0.782. The Labute approximate surface area is 176 Å². The minimum atomic E-state index is -0.490. The number of ether oxygens (including phenoxy) is 2. The van der Waals surface area contributed by atoms with Crippen molar-refractivity contribution >= 4 is 0 Å². The zero-order valence-electron chi connectivity index (χ0n) is 13.4. The van der Waals surface area contributed by atoms with Crippen LogP contribution in [0.15, 0.2) is 24.3 Å². The van der Waals surface area contributed by atoms with Crippen molar-refractivity contribution in [3.63, 3.8) is 0 Å². The van der Waals surface area contributed by atoms with Gasteiger partial charge in [-0.15, -0.1) is 0 Å². The van der Waals surface area contributed by atoms with Crippen LogP contribution in [0, 0.1) is 0 Å². The van der Waals surface area contributed by atoms with E-state index in [0.717, 1.165) is 18.8 Å². The Balaban J connectivity index is 0. The second-order valence-corrected chi connectivity index (χ2v) is 4.91. The Morgan fingerprint density at radius 3 is 2.33 bits per heavy atom. The van der Waals surface area contributed by atoms with Gasteiger partial charge in [-0.1, -0.05) is 26.0 Å². The third-order valence-electron chi connectivity index (χ3n) is 2.72. The first-order valence-electron chi connectivity index (χ1n) is 6.74. The van der Waals surface area contributed by atoms with Crippen LogP contribution in [0.4, 0.5) is 0 Å². The molecular formula is C15H25ClKNO3. The van der Waals surface area contributed by atoms with Crippen LogP contribution in [0.1, 0.15) is 19.4 Å². The fourth-order valence-corrected chi connectivity index (χ4v) is 1.60. The molecule has 0 spiro atoms. The molecule has 1 unspecified atom stereocenters. The average molecular weight is 342 g/mol. The number of methoxy groups -OCH3 is 1. The smallest absolute Gasteiger partial charge is 1.00 e. The molecule has 6 heteroatoms. The van der Waals surface area contributed by atoms with E-state index >= 15 is 0 Å². The third kappa shape index (κ3) is 12.0. The summed E-state index contributed by atoms with van der Waals surface area (Å²) >= 11 is 0. The Bertz CT molecular complexity index is 349. The van der Waals surface area contributed by atoms with Gasteiger partial charge in [-0.3, -0.25) is 0 Å². The van der Waals surface area contributed by atoms with E-state index in [4.69, 9.17) is 9.47 Å². The molecule has 1 aromatic carbocycles. The zero-order chi connectivity index (χ0) is 14.1. The first kappa shape index (κ1) is 24.1. The van der Waals surface area contributed by atoms with Gasteiger partial charge in [-0.2, -0.15) is 0 Å². The monoisotopic (exact) mass is 341 g/mol. The van der Waals surface area contributed by atoms with E-state index in [1.165, 1.54) is 5.56 Å². The summed E-state index contributed by atoms with van der Waals surface area (Å²) in [4.78, 5) is 0. The largest absolute Gasteiger partial charge is 1.00 e. The molecule has 0 heterocycles. The summed E-state index contributed by atoms with van der Waals surface area (Å²) in [5, 5.41) is 12.9. The molecule has 1 rings (SSSR count). The zero-order valence-corrected chi connectivity index (χ0v) is 17.3. The number of rotatable bonds is 9. The molecule has 0 amide bonds. The molecule has 0 saturated heterocycles. The van der Waals surface area contributed by atoms with Crippen LogP contribution < -0.4 is 73.8 Å². The van der Waals surface area contributed by atoms with Crippen LogP contribution >= 0.6 is 0 Å². The first-order chi connectivity index (χ1) is 9.11. The topological polar surface area (TPSA) is 50.7 Å². The molecule has 0 aliphatic carbocycles. The van der Waals surface area contributed by atoms with E-state index in [9.17, 15) is 5.11 Å². The molecular weight excluding hydrogens is 317 g/mol. The van der Waals surface area contributed by atoms with Gasteiger partial charge in [0.2, 0.25) is 0 Å². The molecule has 0 saturated carbocycles. The summed E-state index contributed by atoms with van der Waals surface area (Å²) in [6, 6.07) is 8.26. The van der Waals surface area contributed by atoms with Crippen LogP contribution in [0.2, 0.25) is 0 Å². The van der Waals surface area contributed by atoms with E-state index in [-0.39, 0.29) is 63.8 Å². The van der Waals surface area contributed by atoms with Gasteiger partial charge in [0.1, 0.15) is 18.5 Å². The summed E-state index contributed by atoms with van der Waals surface area (Å²) in [7, 11) is 1.70. The van der Waals surface area contributed by atoms with Gasteiger partial charge in [-0.25, -0.2) is 0 Å². The first-order valence-corrected chi connectivity index (χ1v) is 6.74. The van der Waals surface area contributed by atoms with Crippen molar-refractivity contribution in [3.8, 4) is 5.75 Å². The SMILES string of the molecule is COCCc1ccc(OCC(O)CNC(C)C)cc1.[Cl-].[K+]. The van der Waals surface area contributed by atoms with Crippen molar-refractivity contribution in [2.24, 2.45) is 0 Å². The number of aliphatic hydroxyl groups excluding tert-OH is 1. The summed E-state index contributed by atoms with van der Waals surface area (Å²) < 4.78 is 10.6. The van der Waals surface area contributed by atoms with E-state index in [1.807, 2.05) is 38.1 Å². The van der Waals surface area contributed by atoms with Crippen molar-refractivity contribution in [1.29, 1.82) is 0 Å². The molecule has 0 aromatic heterocycles. The van der Waals surface area contributed by atoms with Crippen molar-refractivity contribution in [1.82, 2.24) is 5.32 Å². The van der Waals surface area contributed by atoms with Crippen LogP contribution in [-0.2, 0) is 11.2 Å². The molecule has 0 aliphatic rings. The van der Waals surface area contributed by atoms with Gasteiger partial charge >= 0.3 is 51.4 Å². The molecule has 116 valence electrons. The van der Waals surface area contributed by atoms with Crippen LogP contribution in [0.25, 0.3) is 0 Å². The summed E-state index contributed by atoms with van der Waals surface area (Å²) in [6.45, 7) is 5.67. The van der Waals surface area contributed by atoms with E-state index in [0.29, 0.717) is 19.2 Å². The maximum atomic E-state index is 9.73. The number of nitrogens with one attached hydrogen (secondary N) is 1. The quantitative estimate of drug-likeness (QED) is 0.446.